The lowest BCUT2D eigenvalue weighted by atomic mass is 9.57. The van der Waals surface area contributed by atoms with Gasteiger partial charge in [-0.2, -0.15) is 5.10 Å². The molecular formula is C48H54F2N8O6. The Kier molecular flexibility index (Phi) is 11.7. The van der Waals surface area contributed by atoms with Gasteiger partial charge in [0.25, 0.3) is 6.43 Å². The van der Waals surface area contributed by atoms with Crippen LogP contribution in [0, 0.1) is 12.3 Å². The van der Waals surface area contributed by atoms with Crippen LogP contribution in [0.1, 0.15) is 73.9 Å². The molecule has 3 aromatic heterocycles. The van der Waals surface area contributed by atoms with Crippen molar-refractivity contribution in [1.82, 2.24) is 34.5 Å². The number of nitrogens with zero attached hydrogens (tertiary/aromatic N) is 7. The molecule has 0 amide bonds. The third-order valence-corrected chi connectivity index (χ3v) is 14.3. The number of ether oxygens (including phenoxy) is 3. The smallest absolute Gasteiger partial charge is 0.309 e. The number of hydrogen-bond acceptors (Lipinski definition) is 12. The van der Waals surface area contributed by atoms with E-state index in [1.54, 1.807) is 26.5 Å². The molecule has 3 saturated carbocycles. The van der Waals surface area contributed by atoms with Gasteiger partial charge in [0, 0.05) is 60.7 Å². The molecule has 0 spiro atoms. The SMILES string of the molecule is COc1cc(-n2ncc3c(-c4cccc(Nc5nc(C(F)F)nc6cc(CN(C)[C@@H]7CCOC[C@@H]7O)cnc56)c4C)cccc32)cc(OC)c1CN(C)C12CCC(C(=O)O)(CC1)CC2. The summed E-state index contributed by atoms with van der Waals surface area (Å²) in [6, 6.07) is 17.4. The first-order valence-electron chi connectivity index (χ1n) is 21.8. The molecule has 4 heterocycles. The molecule has 4 fully saturated rings. The fourth-order valence-electron chi connectivity index (χ4n) is 10.4. The van der Waals surface area contributed by atoms with Crippen LogP contribution in [0.3, 0.4) is 0 Å². The molecule has 3 aliphatic carbocycles. The summed E-state index contributed by atoms with van der Waals surface area (Å²) in [5.41, 5.74) is 6.65. The van der Waals surface area contributed by atoms with E-state index < -0.39 is 29.7 Å². The third-order valence-electron chi connectivity index (χ3n) is 14.3. The molecule has 16 heteroatoms. The molecule has 14 nitrogen and oxygen atoms in total. The van der Waals surface area contributed by atoms with Crippen molar-refractivity contribution in [2.45, 2.75) is 89.1 Å². The third kappa shape index (κ3) is 7.79. The average Bonchev–Trinajstić information content (AvgIpc) is 3.75. The van der Waals surface area contributed by atoms with Gasteiger partial charge in [-0.3, -0.25) is 19.6 Å². The number of nitrogens with one attached hydrogen (secondary N) is 1. The van der Waals surface area contributed by atoms with Gasteiger partial charge in [0.2, 0.25) is 0 Å². The molecule has 1 aliphatic heterocycles. The van der Waals surface area contributed by atoms with Crippen LogP contribution in [0.15, 0.2) is 67.0 Å². The van der Waals surface area contributed by atoms with Crippen LogP contribution in [0.5, 0.6) is 11.5 Å². The van der Waals surface area contributed by atoms with Crippen molar-refractivity contribution < 1.29 is 38.0 Å². The molecule has 2 bridgehead atoms. The van der Waals surface area contributed by atoms with Crippen molar-refractivity contribution in [3.63, 3.8) is 0 Å². The topological polar surface area (TPSA) is 160 Å². The number of hydrogen-bond donors (Lipinski definition) is 3. The molecule has 3 N–H and O–H groups in total. The first-order chi connectivity index (χ1) is 30.8. The molecule has 64 heavy (non-hydrogen) atoms. The zero-order chi connectivity index (χ0) is 44.9. The fourth-order valence-corrected chi connectivity index (χ4v) is 10.4. The van der Waals surface area contributed by atoms with E-state index in [0.717, 1.165) is 63.7 Å². The standard InChI is InChI=1S/C48H54F2N8O6/c1-28-31(8-6-10-35(28)53-44-42-36(54-45(55-44)43(49)50)20-29(23-51-42)25-56(2)38-12-19-64-27-39(38)59)32-9-7-11-37-33(32)24-52-58(37)30-21-40(62-4)34(41(22-30)63-5)26-57(3)48-16-13-47(14-17-48,15-18-48)46(60)61/h6-11,20-24,38-39,43,59H,12-19,25-27H2,1-5H3,(H,60,61)(H,53,54,55)/t38-,39+,47?,48?/m1/s1. The number of carbonyl (C=O) groups is 1. The lowest BCUT2D eigenvalue weighted by Gasteiger charge is -2.55. The van der Waals surface area contributed by atoms with Gasteiger partial charge >= 0.3 is 5.97 Å². The minimum absolute atomic E-state index is 0.0710. The van der Waals surface area contributed by atoms with E-state index in [9.17, 15) is 23.8 Å². The summed E-state index contributed by atoms with van der Waals surface area (Å²) in [6.45, 7) is 3.81. The van der Waals surface area contributed by atoms with Gasteiger partial charge in [-0.05, 0) is 106 Å². The number of aliphatic hydroxyl groups is 1. The Hall–Kier alpha value is -5.81. The molecule has 4 aliphatic rings. The predicted molar refractivity (Wildman–Crippen MR) is 239 cm³/mol. The second-order valence-electron chi connectivity index (χ2n) is 17.7. The number of aliphatic hydroxyl groups excluding tert-OH is 1. The van der Waals surface area contributed by atoms with E-state index in [0.29, 0.717) is 68.1 Å². The summed E-state index contributed by atoms with van der Waals surface area (Å²) < 4.78 is 47.8. The summed E-state index contributed by atoms with van der Waals surface area (Å²) in [5, 5.41) is 29.5. The van der Waals surface area contributed by atoms with Gasteiger partial charge in [0.15, 0.2) is 11.6 Å². The van der Waals surface area contributed by atoms with Crippen LogP contribution in [0.2, 0.25) is 0 Å². The Morgan fingerprint density at radius 1 is 0.969 bits per heavy atom. The van der Waals surface area contributed by atoms with Crippen LogP contribution in [0.25, 0.3) is 38.8 Å². The van der Waals surface area contributed by atoms with Crippen LogP contribution in [0.4, 0.5) is 20.3 Å². The molecule has 1 saturated heterocycles. The molecule has 0 unspecified atom stereocenters. The number of methoxy groups -OCH3 is 2. The zero-order valence-corrected chi connectivity index (χ0v) is 36.8. The minimum Gasteiger partial charge on any atom is -0.496 e. The fraction of sp³-hybridized carbons (Fsp3) is 0.438. The molecular weight excluding hydrogens is 823 g/mol. The highest BCUT2D eigenvalue weighted by Gasteiger charge is 2.54. The zero-order valence-electron chi connectivity index (χ0n) is 36.8. The van der Waals surface area contributed by atoms with Gasteiger partial charge < -0.3 is 29.7 Å². The van der Waals surface area contributed by atoms with E-state index >= 15 is 0 Å². The Labute approximate surface area is 370 Å². The lowest BCUT2D eigenvalue weighted by Crippen LogP contribution is -2.56. The van der Waals surface area contributed by atoms with Crippen molar-refractivity contribution >= 4 is 39.4 Å². The number of carboxylic acid groups (broad SMARTS) is 1. The van der Waals surface area contributed by atoms with Crippen molar-refractivity contribution in [3.8, 4) is 28.3 Å². The number of aromatic nitrogens is 5. The van der Waals surface area contributed by atoms with Gasteiger partial charge in [-0.25, -0.2) is 23.4 Å². The summed E-state index contributed by atoms with van der Waals surface area (Å²) >= 11 is 0. The van der Waals surface area contributed by atoms with Crippen molar-refractivity contribution in [1.29, 1.82) is 0 Å². The number of benzene rings is 3. The maximum atomic E-state index is 14.3. The number of alkyl halides is 2. The largest absolute Gasteiger partial charge is 0.496 e. The Balaban J connectivity index is 0.998. The molecule has 10 rings (SSSR count). The number of rotatable bonds is 14. The summed E-state index contributed by atoms with van der Waals surface area (Å²) in [7, 11) is 7.33. The normalized spacial score (nSPS) is 22.2. The Morgan fingerprint density at radius 2 is 1.67 bits per heavy atom. The Bertz CT molecular complexity index is 2680. The van der Waals surface area contributed by atoms with E-state index in [1.807, 2.05) is 78.3 Å². The van der Waals surface area contributed by atoms with Crippen molar-refractivity contribution in [2.75, 3.05) is 46.8 Å². The van der Waals surface area contributed by atoms with E-state index in [2.05, 4.69) is 32.2 Å². The van der Waals surface area contributed by atoms with Gasteiger partial charge in [0.05, 0.1) is 60.8 Å². The van der Waals surface area contributed by atoms with E-state index in [4.69, 9.17) is 19.3 Å². The summed E-state index contributed by atoms with van der Waals surface area (Å²) in [5.74, 6) is 0.231. The van der Waals surface area contributed by atoms with E-state index in [1.165, 1.54) is 0 Å². The first-order valence-corrected chi connectivity index (χ1v) is 21.8. The lowest BCUT2D eigenvalue weighted by molar-refractivity contribution is -0.160. The highest BCUT2D eigenvalue weighted by atomic mass is 19.3. The van der Waals surface area contributed by atoms with Crippen LogP contribution in [-0.2, 0) is 22.6 Å². The summed E-state index contributed by atoms with van der Waals surface area (Å²) in [4.78, 5) is 29.6. The number of halogens is 2. The number of pyridine rings is 1. The Morgan fingerprint density at radius 3 is 2.34 bits per heavy atom. The number of carboxylic acids is 1. The second kappa shape index (κ2) is 17.3. The van der Waals surface area contributed by atoms with Gasteiger partial charge in [-0.1, -0.05) is 24.3 Å². The summed E-state index contributed by atoms with van der Waals surface area (Å²) in [6.07, 6.45) is 5.29. The maximum absolute atomic E-state index is 14.3. The van der Waals surface area contributed by atoms with Crippen LogP contribution < -0.4 is 14.8 Å². The minimum atomic E-state index is -2.90. The van der Waals surface area contributed by atoms with Gasteiger partial charge in [0.1, 0.15) is 17.0 Å². The van der Waals surface area contributed by atoms with Crippen molar-refractivity contribution in [3.05, 3.63) is 89.5 Å². The molecule has 336 valence electrons. The number of aliphatic carboxylic acids is 1. The highest BCUT2D eigenvalue weighted by Crippen LogP contribution is 2.55. The van der Waals surface area contributed by atoms with E-state index in [-0.39, 0.29) is 29.5 Å². The first kappa shape index (κ1) is 43.4. The molecule has 6 aromatic rings. The number of fused-ring (bicyclic) bond motifs is 5. The van der Waals surface area contributed by atoms with Crippen molar-refractivity contribution in [2.24, 2.45) is 5.41 Å². The molecule has 0 radical (unpaired) electrons. The monoisotopic (exact) mass is 876 g/mol. The molecule has 2 atom stereocenters. The maximum Gasteiger partial charge on any atom is 0.309 e. The highest BCUT2D eigenvalue weighted by molar-refractivity contribution is 5.97. The second-order valence-corrected chi connectivity index (χ2v) is 17.7. The number of likely N-dealkylation sites (N-methyl/N-ethyl adjacent to an activating group) is 1. The van der Waals surface area contributed by atoms with Crippen LogP contribution in [-0.4, -0.2) is 110 Å². The quantitative estimate of drug-likeness (QED) is 0.0962. The predicted octanol–water partition coefficient (Wildman–Crippen LogP) is 8.23. The average molecular weight is 877 g/mol. The van der Waals surface area contributed by atoms with Gasteiger partial charge in [-0.15, -0.1) is 0 Å². The van der Waals surface area contributed by atoms with Crippen LogP contribution >= 0.6 is 0 Å². The molecule has 3 aromatic carbocycles. The number of anilines is 2.